The van der Waals surface area contributed by atoms with Crippen molar-refractivity contribution in [3.63, 3.8) is 0 Å². The predicted octanol–water partition coefficient (Wildman–Crippen LogP) is 1.17. The van der Waals surface area contributed by atoms with Crippen molar-refractivity contribution >= 4 is 21.4 Å². The van der Waals surface area contributed by atoms with Crippen molar-refractivity contribution in [2.45, 2.75) is 37.1 Å². The van der Waals surface area contributed by atoms with Crippen molar-refractivity contribution in [1.82, 2.24) is 10.6 Å². The van der Waals surface area contributed by atoms with Gasteiger partial charge < -0.3 is 15.5 Å². The van der Waals surface area contributed by atoms with Crippen molar-refractivity contribution in [3.8, 4) is 0 Å². The van der Waals surface area contributed by atoms with E-state index in [1.165, 1.54) is 0 Å². The monoisotopic (exact) mass is 353 g/mol. The summed E-state index contributed by atoms with van der Waals surface area (Å²) in [5.74, 6) is 0.210. The molecule has 2 N–H and O–H groups in total. The van der Waals surface area contributed by atoms with Gasteiger partial charge in [0.15, 0.2) is 9.84 Å². The molecule has 1 aliphatic rings. The molecule has 1 aromatic rings. The Kier molecular flexibility index (Phi) is 6.62. The highest BCUT2D eigenvalue weighted by molar-refractivity contribution is 7.91. The SMILES string of the molecule is CCS(=O)(=O)c1ccc(N2CCC(NC(=O)CCNC)CC2)cc1. The fraction of sp³-hybridized carbons (Fsp3) is 0.588. The minimum Gasteiger partial charge on any atom is -0.371 e. The minimum absolute atomic E-state index is 0.0944. The first kappa shape index (κ1) is 18.7. The van der Waals surface area contributed by atoms with E-state index in [0.717, 1.165) is 31.6 Å². The maximum Gasteiger partial charge on any atom is 0.221 e. The van der Waals surface area contributed by atoms with Gasteiger partial charge in [0.05, 0.1) is 10.6 Å². The number of amides is 1. The number of benzene rings is 1. The second-order valence-electron chi connectivity index (χ2n) is 6.08. The second-order valence-corrected chi connectivity index (χ2v) is 8.36. The zero-order valence-corrected chi connectivity index (χ0v) is 15.2. The minimum atomic E-state index is -3.15. The molecule has 1 saturated heterocycles. The van der Waals surface area contributed by atoms with Crippen molar-refractivity contribution in [2.75, 3.05) is 37.3 Å². The number of piperidine rings is 1. The topological polar surface area (TPSA) is 78.5 Å². The van der Waals surface area contributed by atoms with Crippen LogP contribution in [0.1, 0.15) is 26.2 Å². The molecule has 0 unspecified atom stereocenters. The summed E-state index contributed by atoms with van der Waals surface area (Å²) in [7, 11) is -1.31. The van der Waals surface area contributed by atoms with Crippen LogP contribution in [0.5, 0.6) is 0 Å². The van der Waals surface area contributed by atoms with Crippen LogP contribution in [-0.4, -0.2) is 52.8 Å². The van der Waals surface area contributed by atoms with Crippen LogP contribution in [0, 0.1) is 0 Å². The molecule has 2 rings (SSSR count). The Labute approximate surface area is 144 Å². The fourth-order valence-electron chi connectivity index (χ4n) is 2.85. The first-order chi connectivity index (χ1) is 11.5. The lowest BCUT2D eigenvalue weighted by molar-refractivity contribution is -0.121. The number of nitrogens with one attached hydrogen (secondary N) is 2. The molecule has 1 aliphatic heterocycles. The quantitative estimate of drug-likeness (QED) is 0.769. The number of hydrogen-bond donors (Lipinski definition) is 2. The summed E-state index contributed by atoms with van der Waals surface area (Å²) in [6.07, 6.45) is 2.31. The highest BCUT2D eigenvalue weighted by Crippen LogP contribution is 2.22. The van der Waals surface area contributed by atoms with Gasteiger partial charge in [-0.2, -0.15) is 0 Å². The van der Waals surface area contributed by atoms with Crippen molar-refractivity contribution in [2.24, 2.45) is 0 Å². The second kappa shape index (κ2) is 8.48. The molecule has 0 aliphatic carbocycles. The van der Waals surface area contributed by atoms with Gasteiger partial charge in [-0.1, -0.05) is 6.92 Å². The Bertz CT molecular complexity index is 636. The Hall–Kier alpha value is -1.60. The number of carbonyl (C=O) groups is 1. The molecular formula is C17H27N3O3S. The van der Waals surface area contributed by atoms with Gasteiger partial charge in [-0.05, 0) is 44.2 Å². The van der Waals surface area contributed by atoms with Gasteiger partial charge in [-0.25, -0.2) is 8.42 Å². The van der Waals surface area contributed by atoms with Crippen LogP contribution < -0.4 is 15.5 Å². The molecule has 0 aromatic heterocycles. The lowest BCUT2D eigenvalue weighted by Gasteiger charge is -2.34. The van der Waals surface area contributed by atoms with Crippen LogP contribution in [0.15, 0.2) is 29.2 Å². The normalized spacial score (nSPS) is 16.2. The van der Waals surface area contributed by atoms with Crippen LogP contribution in [0.2, 0.25) is 0 Å². The maximum absolute atomic E-state index is 11.9. The van der Waals surface area contributed by atoms with E-state index < -0.39 is 9.84 Å². The van der Waals surface area contributed by atoms with E-state index in [1.807, 2.05) is 19.2 Å². The average Bonchev–Trinajstić information content (AvgIpc) is 2.61. The number of hydrogen-bond acceptors (Lipinski definition) is 5. The largest absolute Gasteiger partial charge is 0.371 e. The van der Waals surface area contributed by atoms with Gasteiger partial charge in [0.25, 0.3) is 0 Å². The van der Waals surface area contributed by atoms with Gasteiger partial charge in [-0.15, -0.1) is 0 Å². The lowest BCUT2D eigenvalue weighted by atomic mass is 10.0. The third kappa shape index (κ3) is 4.95. The average molecular weight is 353 g/mol. The van der Waals surface area contributed by atoms with Crippen LogP contribution in [0.25, 0.3) is 0 Å². The van der Waals surface area contributed by atoms with E-state index >= 15 is 0 Å². The first-order valence-corrected chi connectivity index (χ1v) is 10.1. The van der Waals surface area contributed by atoms with Gasteiger partial charge in [0, 0.05) is 37.8 Å². The lowest BCUT2D eigenvalue weighted by Crippen LogP contribution is -2.45. The predicted molar refractivity (Wildman–Crippen MR) is 96.1 cm³/mol. The summed E-state index contributed by atoms with van der Waals surface area (Å²) in [6.45, 7) is 4.06. The third-order valence-electron chi connectivity index (χ3n) is 4.40. The Morgan fingerprint density at radius 2 is 1.83 bits per heavy atom. The molecule has 0 radical (unpaired) electrons. The Morgan fingerprint density at radius 1 is 1.21 bits per heavy atom. The van der Waals surface area contributed by atoms with Gasteiger partial charge in [-0.3, -0.25) is 4.79 Å². The number of rotatable bonds is 7. The highest BCUT2D eigenvalue weighted by atomic mass is 32.2. The molecule has 7 heteroatoms. The number of sulfone groups is 1. The molecule has 1 amide bonds. The van der Waals surface area contributed by atoms with Crippen molar-refractivity contribution in [3.05, 3.63) is 24.3 Å². The molecule has 0 saturated carbocycles. The molecule has 6 nitrogen and oxygen atoms in total. The standard InChI is InChI=1S/C17H27N3O3S/c1-3-24(22,23)16-6-4-15(5-7-16)20-12-9-14(10-13-20)19-17(21)8-11-18-2/h4-7,14,18H,3,8-13H2,1-2H3,(H,19,21). The summed E-state index contributed by atoms with van der Waals surface area (Å²) in [5.41, 5.74) is 1.03. The van der Waals surface area contributed by atoms with E-state index in [1.54, 1.807) is 19.1 Å². The molecule has 1 fully saturated rings. The summed E-state index contributed by atoms with van der Waals surface area (Å²) < 4.78 is 23.7. The summed E-state index contributed by atoms with van der Waals surface area (Å²) in [6, 6.07) is 7.33. The highest BCUT2D eigenvalue weighted by Gasteiger charge is 2.21. The molecule has 24 heavy (non-hydrogen) atoms. The molecule has 0 bridgehead atoms. The third-order valence-corrected chi connectivity index (χ3v) is 6.15. The Balaban J connectivity index is 1.87. The molecular weight excluding hydrogens is 326 g/mol. The Morgan fingerprint density at radius 3 is 2.38 bits per heavy atom. The van der Waals surface area contributed by atoms with Crippen LogP contribution in [0.3, 0.4) is 0 Å². The smallest absolute Gasteiger partial charge is 0.221 e. The zero-order chi connectivity index (χ0) is 17.6. The van der Waals surface area contributed by atoms with E-state index in [0.29, 0.717) is 17.9 Å². The maximum atomic E-state index is 11.9. The van der Waals surface area contributed by atoms with Gasteiger partial charge in [0.2, 0.25) is 5.91 Å². The number of anilines is 1. The van der Waals surface area contributed by atoms with Crippen LogP contribution in [-0.2, 0) is 14.6 Å². The van der Waals surface area contributed by atoms with Crippen molar-refractivity contribution < 1.29 is 13.2 Å². The summed E-state index contributed by atoms with van der Waals surface area (Å²) in [5, 5.41) is 6.05. The molecule has 0 atom stereocenters. The van der Waals surface area contributed by atoms with E-state index in [4.69, 9.17) is 0 Å². The molecule has 134 valence electrons. The molecule has 1 heterocycles. The van der Waals surface area contributed by atoms with Gasteiger partial charge in [0.1, 0.15) is 0 Å². The fourth-order valence-corrected chi connectivity index (χ4v) is 3.74. The van der Waals surface area contributed by atoms with E-state index in [-0.39, 0.29) is 17.7 Å². The van der Waals surface area contributed by atoms with Gasteiger partial charge >= 0.3 is 0 Å². The van der Waals surface area contributed by atoms with Crippen molar-refractivity contribution in [1.29, 1.82) is 0 Å². The van der Waals surface area contributed by atoms with E-state index in [2.05, 4.69) is 15.5 Å². The number of carbonyl (C=O) groups excluding carboxylic acids is 1. The zero-order valence-electron chi connectivity index (χ0n) is 14.4. The summed E-state index contributed by atoms with van der Waals surface area (Å²) in [4.78, 5) is 14.4. The van der Waals surface area contributed by atoms with Crippen LogP contribution in [0.4, 0.5) is 5.69 Å². The number of nitrogens with zero attached hydrogens (tertiary/aromatic N) is 1. The first-order valence-electron chi connectivity index (χ1n) is 8.48. The van der Waals surface area contributed by atoms with Crippen LogP contribution >= 0.6 is 0 Å². The molecule has 1 aromatic carbocycles. The molecule has 0 spiro atoms. The summed E-state index contributed by atoms with van der Waals surface area (Å²) >= 11 is 0. The van der Waals surface area contributed by atoms with E-state index in [9.17, 15) is 13.2 Å².